The Labute approximate surface area is 152 Å². The minimum absolute atomic E-state index is 0.325. The van der Waals surface area contributed by atoms with Crippen LogP contribution in [0.5, 0.6) is 5.75 Å². The molecule has 0 aliphatic carbocycles. The summed E-state index contributed by atoms with van der Waals surface area (Å²) in [5, 5.41) is 4.36. The Balaban J connectivity index is 1.71. The van der Waals surface area contributed by atoms with Crippen LogP contribution in [0, 0.1) is 0 Å². The first-order valence-corrected chi connectivity index (χ1v) is 8.85. The van der Waals surface area contributed by atoms with Gasteiger partial charge in [-0.1, -0.05) is 12.1 Å². The van der Waals surface area contributed by atoms with Gasteiger partial charge in [0.1, 0.15) is 11.3 Å². The second kappa shape index (κ2) is 6.84. The maximum atomic E-state index is 12.5. The van der Waals surface area contributed by atoms with Crippen molar-refractivity contribution in [2.75, 3.05) is 31.6 Å². The van der Waals surface area contributed by atoms with Crippen molar-refractivity contribution in [3.63, 3.8) is 0 Å². The summed E-state index contributed by atoms with van der Waals surface area (Å²) < 4.78 is 10.8. The van der Waals surface area contributed by atoms with Crippen molar-refractivity contribution in [3.8, 4) is 16.9 Å². The van der Waals surface area contributed by atoms with Crippen LogP contribution in [0.15, 0.2) is 57.7 Å². The summed E-state index contributed by atoms with van der Waals surface area (Å²) in [6.07, 6.45) is 0. The van der Waals surface area contributed by atoms with Gasteiger partial charge in [-0.3, -0.25) is 0 Å². The number of hydrogen-bond donors (Lipinski definition) is 1. The maximum absolute atomic E-state index is 12.5. The molecule has 26 heavy (non-hydrogen) atoms. The number of anilines is 1. The van der Waals surface area contributed by atoms with Gasteiger partial charge in [0.25, 0.3) is 0 Å². The van der Waals surface area contributed by atoms with E-state index in [1.165, 1.54) is 0 Å². The van der Waals surface area contributed by atoms with Gasteiger partial charge in [0.2, 0.25) is 0 Å². The van der Waals surface area contributed by atoms with Gasteiger partial charge in [-0.15, -0.1) is 0 Å². The Kier molecular flexibility index (Phi) is 4.39. The molecule has 3 aromatic rings. The Morgan fingerprint density at radius 2 is 1.96 bits per heavy atom. The predicted molar refractivity (Wildman–Crippen MR) is 104 cm³/mol. The van der Waals surface area contributed by atoms with E-state index >= 15 is 0 Å². The first-order valence-electron chi connectivity index (χ1n) is 8.85. The molecule has 5 heteroatoms. The van der Waals surface area contributed by atoms with Crippen LogP contribution in [0.1, 0.15) is 6.92 Å². The van der Waals surface area contributed by atoms with Gasteiger partial charge in [-0.25, -0.2) is 4.79 Å². The van der Waals surface area contributed by atoms with Crippen molar-refractivity contribution < 1.29 is 9.15 Å². The number of hydrogen-bond acceptors (Lipinski definition) is 5. The van der Waals surface area contributed by atoms with E-state index in [4.69, 9.17) is 9.15 Å². The number of ether oxygens (including phenoxy) is 1. The SMILES string of the molecule is COc1ccc(-c2cc3ccc(N4CCNC(C)C4)cc3oc2=O)cc1. The average molecular weight is 350 g/mol. The Morgan fingerprint density at radius 3 is 2.69 bits per heavy atom. The van der Waals surface area contributed by atoms with Crippen LogP contribution < -0.4 is 20.6 Å². The summed E-state index contributed by atoms with van der Waals surface area (Å²) in [5.74, 6) is 0.758. The minimum Gasteiger partial charge on any atom is -0.497 e. The van der Waals surface area contributed by atoms with Crippen molar-refractivity contribution in [3.05, 3.63) is 59.0 Å². The number of methoxy groups -OCH3 is 1. The lowest BCUT2D eigenvalue weighted by atomic mass is 10.1. The lowest BCUT2D eigenvalue weighted by molar-refractivity contribution is 0.415. The first-order chi connectivity index (χ1) is 12.6. The molecule has 1 saturated heterocycles. The van der Waals surface area contributed by atoms with Gasteiger partial charge in [0, 0.05) is 42.8 Å². The number of benzene rings is 2. The largest absolute Gasteiger partial charge is 0.497 e. The van der Waals surface area contributed by atoms with Crippen molar-refractivity contribution in [2.24, 2.45) is 0 Å². The van der Waals surface area contributed by atoms with Gasteiger partial charge >= 0.3 is 5.63 Å². The molecule has 2 aromatic carbocycles. The summed E-state index contributed by atoms with van der Waals surface area (Å²) >= 11 is 0. The molecular formula is C21H22N2O3. The molecule has 1 N–H and O–H groups in total. The molecule has 2 heterocycles. The van der Waals surface area contributed by atoms with Gasteiger partial charge in [0.15, 0.2) is 0 Å². The molecule has 5 nitrogen and oxygen atoms in total. The Morgan fingerprint density at radius 1 is 1.15 bits per heavy atom. The van der Waals surface area contributed by atoms with Crippen LogP contribution in [-0.2, 0) is 0 Å². The molecular weight excluding hydrogens is 328 g/mol. The van der Waals surface area contributed by atoms with E-state index in [0.717, 1.165) is 42.0 Å². The van der Waals surface area contributed by atoms with Crippen molar-refractivity contribution >= 4 is 16.7 Å². The molecule has 1 atom stereocenters. The summed E-state index contributed by atoms with van der Waals surface area (Å²) in [4.78, 5) is 14.8. The highest BCUT2D eigenvalue weighted by Crippen LogP contribution is 2.26. The van der Waals surface area contributed by atoms with Crippen LogP contribution >= 0.6 is 0 Å². The summed E-state index contributed by atoms with van der Waals surface area (Å²) in [6.45, 7) is 5.03. The number of fused-ring (bicyclic) bond motifs is 1. The van der Waals surface area contributed by atoms with Gasteiger partial charge in [0.05, 0.1) is 12.7 Å². The minimum atomic E-state index is -0.325. The molecule has 1 fully saturated rings. The average Bonchev–Trinajstić information content (AvgIpc) is 2.67. The number of nitrogens with zero attached hydrogens (tertiary/aromatic N) is 1. The molecule has 1 aromatic heterocycles. The van der Waals surface area contributed by atoms with Crippen LogP contribution in [0.25, 0.3) is 22.1 Å². The van der Waals surface area contributed by atoms with Gasteiger partial charge < -0.3 is 19.4 Å². The normalized spacial score (nSPS) is 17.5. The van der Waals surface area contributed by atoms with Crippen LogP contribution in [0.2, 0.25) is 0 Å². The van der Waals surface area contributed by atoms with Crippen molar-refractivity contribution in [2.45, 2.75) is 13.0 Å². The zero-order valence-corrected chi connectivity index (χ0v) is 15.0. The summed E-state index contributed by atoms with van der Waals surface area (Å²) in [6, 6.07) is 15.8. The van der Waals surface area contributed by atoms with Gasteiger partial charge in [-0.05, 0) is 42.8 Å². The van der Waals surface area contributed by atoms with Crippen LogP contribution in [-0.4, -0.2) is 32.8 Å². The molecule has 0 spiro atoms. The molecule has 0 amide bonds. The summed E-state index contributed by atoms with van der Waals surface area (Å²) in [5.41, 5.74) is 2.76. The quantitative estimate of drug-likeness (QED) is 0.735. The molecule has 1 unspecified atom stereocenters. The molecule has 0 bridgehead atoms. The third kappa shape index (κ3) is 3.18. The third-order valence-electron chi connectivity index (χ3n) is 4.85. The second-order valence-electron chi connectivity index (χ2n) is 6.70. The van der Waals surface area contributed by atoms with E-state index in [-0.39, 0.29) is 5.63 Å². The predicted octanol–water partition coefficient (Wildman–Crippen LogP) is 3.27. The third-order valence-corrected chi connectivity index (χ3v) is 4.85. The van der Waals surface area contributed by atoms with E-state index in [2.05, 4.69) is 23.2 Å². The topological polar surface area (TPSA) is 54.7 Å². The van der Waals surface area contributed by atoms with E-state index in [0.29, 0.717) is 17.2 Å². The Bertz CT molecular complexity index is 979. The fraction of sp³-hybridized carbons (Fsp3) is 0.286. The van der Waals surface area contributed by atoms with Crippen LogP contribution in [0.4, 0.5) is 5.69 Å². The number of rotatable bonds is 3. The first kappa shape index (κ1) is 16.7. The highest BCUT2D eigenvalue weighted by atomic mass is 16.5. The highest BCUT2D eigenvalue weighted by Gasteiger charge is 2.17. The number of nitrogens with one attached hydrogen (secondary N) is 1. The van der Waals surface area contributed by atoms with E-state index in [1.54, 1.807) is 7.11 Å². The molecule has 0 radical (unpaired) electrons. The zero-order chi connectivity index (χ0) is 18.1. The highest BCUT2D eigenvalue weighted by molar-refractivity contribution is 5.84. The monoisotopic (exact) mass is 350 g/mol. The van der Waals surface area contributed by atoms with E-state index in [9.17, 15) is 4.79 Å². The van der Waals surface area contributed by atoms with E-state index < -0.39 is 0 Å². The van der Waals surface area contributed by atoms with Gasteiger partial charge in [-0.2, -0.15) is 0 Å². The molecule has 1 aliphatic heterocycles. The fourth-order valence-electron chi connectivity index (χ4n) is 3.44. The lowest BCUT2D eigenvalue weighted by Gasteiger charge is -2.33. The van der Waals surface area contributed by atoms with Crippen LogP contribution in [0.3, 0.4) is 0 Å². The molecule has 4 rings (SSSR count). The van der Waals surface area contributed by atoms with E-state index in [1.807, 2.05) is 42.5 Å². The zero-order valence-electron chi connectivity index (χ0n) is 15.0. The summed E-state index contributed by atoms with van der Waals surface area (Å²) in [7, 11) is 1.62. The fourth-order valence-corrected chi connectivity index (χ4v) is 3.44. The maximum Gasteiger partial charge on any atom is 0.344 e. The molecule has 0 saturated carbocycles. The number of piperazine rings is 1. The standard InChI is InChI=1S/C21H22N2O3/c1-14-13-23(10-9-22-14)17-6-3-16-11-19(21(24)26-20(16)12-17)15-4-7-18(25-2)8-5-15/h3-8,11-12,14,22H,9-10,13H2,1-2H3. The molecule has 1 aliphatic rings. The van der Waals surface area contributed by atoms with Crippen molar-refractivity contribution in [1.29, 1.82) is 0 Å². The second-order valence-corrected chi connectivity index (χ2v) is 6.70. The molecule has 134 valence electrons. The van der Waals surface area contributed by atoms with Crippen molar-refractivity contribution in [1.82, 2.24) is 5.32 Å². The smallest absolute Gasteiger partial charge is 0.344 e. The Hall–Kier alpha value is -2.79. The lowest BCUT2D eigenvalue weighted by Crippen LogP contribution is -2.49.